The maximum Gasteiger partial charge on any atom is 0.321 e. The van der Waals surface area contributed by atoms with E-state index in [1.807, 2.05) is 6.92 Å². The van der Waals surface area contributed by atoms with Crippen molar-refractivity contribution in [3.8, 4) is 0 Å². The van der Waals surface area contributed by atoms with E-state index in [2.05, 4.69) is 4.72 Å². The van der Waals surface area contributed by atoms with Crippen LogP contribution in [0.5, 0.6) is 0 Å². The summed E-state index contributed by atoms with van der Waals surface area (Å²) in [5, 5.41) is 8.93. The summed E-state index contributed by atoms with van der Waals surface area (Å²) in [5.74, 6) is -1.78. The highest BCUT2D eigenvalue weighted by Gasteiger charge is 2.27. The Labute approximate surface area is 109 Å². The first-order valence-electron chi connectivity index (χ1n) is 6.00. The fourth-order valence-corrected chi connectivity index (χ4v) is 3.16. The van der Waals surface area contributed by atoms with E-state index < -0.39 is 22.0 Å². The zero-order chi connectivity index (χ0) is 14.3. The Bertz CT molecular complexity index is 352. The molecule has 0 heterocycles. The van der Waals surface area contributed by atoms with E-state index in [1.54, 1.807) is 20.8 Å². The lowest BCUT2D eigenvalue weighted by Gasteiger charge is -2.19. The first-order chi connectivity index (χ1) is 8.19. The molecule has 0 aromatic carbocycles. The molecule has 0 aliphatic rings. The summed E-state index contributed by atoms with van der Waals surface area (Å²) < 4.78 is 30.9. The zero-order valence-electron chi connectivity index (χ0n) is 11.3. The maximum atomic E-state index is 11.8. The van der Waals surface area contributed by atoms with Crippen LogP contribution in [-0.4, -0.2) is 44.5 Å². The lowest BCUT2D eigenvalue weighted by atomic mass is 10.1. The quantitative estimate of drug-likeness (QED) is 0.648. The average molecular weight is 281 g/mol. The molecule has 6 nitrogen and oxygen atoms in total. The second-order valence-corrected chi connectivity index (χ2v) is 6.52. The fraction of sp³-hybridized carbons (Fsp3) is 0.909. The molecule has 2 N–H and O–H groups in total. The lowest BCUT2D eigenvalue weighted by Crippen LogP contribution is -2.46. The van der Waals surface area contributed by atoms with Crippen LogP contribution in [0.1, 0.15) is 27.7 Å². The van der Waals surface area contributed by atoms with Crippen molar-refractivity contribution >= 4 is 16.0 Å². The van der Waals surface area contributed by atoms with Gasteiger partial charge >= 0.3 is 5.97 Å². The minimum Gasteiger partial charge on any atom is -0.480 e. The second kappa shape index (κ2) is 7.70. The molecule has 2 unspecified atom stereocenters. The molecule has 7 heteroatoms. The Morgan fingerprint density at radius 2 is 1.89 bits per heavy atom. The van der Waals surface area contributed by atoms with Gasteiger partial charge in [0.1, 0.15) is 6.04 Å². The van der Waals surface area contributed by atoms with Crippen molar-refractivity contribution < 1.29 is 23.1 Å². The molecule has 0 aliphatic carbocycles. The number of sulfonamides is 1. The van der Waals surface area contributed by atoms with Gasteiger partial charge in [-0.25, -0.2) is 13.1 Å². The summed E-state index contributed by atoms with van der Waals surface area (Å²) in [6.07, 6.45) is 0. The van der Waals surface area contributed by atoms with Crippen molar-refractivity contribution in [2.75, 3.05) is 19.0 Å². The van der Waals surface area contributed by atoms with Crippen LogP contribution in [0, 0.1) is 11.8 Å². The van der Waals surface area contributed by atoms with E-state index in [4.69, 9.17) is 9.84 Å². The van der Waals surface area contributed by atoms with E-state index >= 15 is 0 Å². The zero-order valence-corrected chi connectivity index (χ0v) is 12.2. The van der Waals surface area contributed by atoms with Gasteiger partial charge in [-0.05, 0) is 18.8 Å². The highest BCUT2D eigenvalue weighted by molar-refractivity contribution is 7.89. The van der Waals surface area contributed by atoms with E-state index in [1.165, 1.54) is 0 Å². The van der Waals surface area contributed by atoms with Crippen LogP contribution in [0.4, 0.5) is 0 Å². The minimum absolute atomic E-state index is 0.135. The molecule has 0 radical (unpaired) electrons. The van der Waals surface area contributed by atoms with Gasteiger partial charge in [0.05, 0.1) is 12.4 Å². The topological polar surface area (TPSA) is 92.7 Å². The van der Waals surface area contributed by atoms with E-state index in [0.717, 1.165) is 0 Å². The molecular weight excluding hydrogens is 258 g/mol. The van der Waals surface area contributed by atoms with E-state index in [0.29, 0.717) is 13.2 Å². The molecule has 0 aromatic rings. The third-order valence-corrected chi connectivity index (χ3v) is 3.97. The largest absolute Gasteiger partial charge is 0.480 e. The van der Waals surface area contributed by atoms with Crippen LogP contribution in [0.15, 0.2) is 0 Å². The second-order valence-electron chi connectivity index (χ2n) is 4.72. The third kappa shape index (κ3) is 6.93. The molecule has 0 bridgehead atoms. The molecule has 0 rings (SSSR count). The van der Waals surface area contributed by atoms with Crippen molar-refractivity contribution in [1.29, 1.82) is 0 Å². The molecule has 0 aromatic heterocycles. The van der Waals surface area contributed by atoms with Crippen molar-refractivity contribution in [3.05, 3.63) is 0 Å². The first kappa shape index (κ1) is 17.3. The number of aliphatic carboxylic acids is 1. The molecule has 0 saturated heterocycles. The van der Waals surface area contributed by atoms with Gasteiger partial charge in [-0.2, -0.15) is 0 Å². The predicted molar refractivity (Wildman–Crippen MR) is 68.8 cm³/mol. The Hall–Kier alpha value is -0.660. The van der Waals surface area contributed by atoms with Gasteiger partial charge in [0.15, 0.2) is 0 Å². The predicted octanol–water partition coefficient (Wildman–Crippen LogP) is 0.688. The third-order valence-electron chi connectivity index (χ3n) is 2.35. The van der Waals surface area contributed by atoms with Crippen molar-refractivity contribution in [2.24, 2.45) is 11.8 Å². The summed E-state index contributed by atoms with van der Waals surface area (Å²) in [5.41, 5.74) is 0. The molecule has 0 aliphatic heterocycles. The number of carboxylic acids is 1. The van der Waals surface area contributed by atoms with Crippen LogP contribution in [0.3, 0.4) is 0 Å². The van der Waals surface area contributed by atoms with Gasteiger partial charge in [0.25, 0.3) is 0 Å². The van der Waals surface area contributed by atoms with Gasteiger partial charge in [0.2, 0.25) is 10.0 Å². The minimum atomic E-state index is -3.61. The molecule has 0 spiro atoms. The van der Waals surface area contributed by atoms with E-state index in [-0.39, 0.29) is 17.6 Å². The molecular formula is C11H23NO5S. The van der Waals surface area contributed by atoms with E-state index in [9.17, 15) is 13.2 Å². The highest BCUT2D eigenvalue weighted by atomic mass is 32.2. The number of nitrogens with one attached hydrogen (secondary N) is 1. The van der Waals surface area contributed by atoms with Crippen LogP contribution in [0.25, 0.3) is 0 Å². The Morgan fingerprint density at radius 3 is 2.28 bits per heavy atom. The fourth-order valence-electron chi connectivity index (χ4n) is 1.45. The summed E-state index contributed by atoms with van der Waals surface area (Å²) in [7, 11) is -3.61. The number of hydrogen-bond acceptors (Lipinski definition) is 4. The lowest BCUT2D eigenvalue weighted by molar-refractivity contribution is -0.140. The summed E-state index contributed by atoms with van der Waals surface area (Å²) >= 11 is 0. The smallest absolute Gasteiger partial charge is 0.321 e. The Kier molecular flexibility index (Phi) is 7.42. The maximum absolute atomic E-state index is 11.8. The number of hydrogen-bond donors (Lipinski definition) is 2. The number of ether oxygens (including phenoxy) is 1. The summed E-state index contributed by atoms with van der Waals surface area (Å²) in [6, 6.07) is -1.09. The van der Waals surface area contributed by atoms with Gasteiger partial charge in [-0.1, -0.05) is 20.8 Å². The average Bonchev–Trinajstić information content (AvgIpc) is 2.21. The molecule has 0 saturated carbocycles. The van der Waals surface area contributed by atoms with Gasteiger partial charge in [-0.3, -0.25) is 4.79 Å². The van der Waals surface area contributed by atoms with Gasteiger partial charge in [-0.15, -0.1) is 0 Å². The standard InChI is InChI=1S/C11H23NO5S/c1-5-17-6-9(4)7-18(15,16)12-10(8(2)3)11(13)14/h8-10,12H,5-7H2,1-4H3,(H,13,14). The number of carbonyl (C=O) groups is 1. The van der Waals surface area contributed by atoms with Crippen LogP contribution in [-0.2, 0) is 19.6 Å². The normalized spacial score (nSPS) is 15.6. The monoisotopic (exact) mass is 281 g/mol. The SMILES string of the molecule is CCOCC(C)CS(=O)(=O)NC(C(=O)O)C(C)C. The Balaban J connectivity index is 4.50. The van der Waals surface area contributed by atoms with Crippen LogP contribution in [0.2, 0.25) is 0 Å². The van der Waals surface area contributed by atoms with Crippen molar-refractivity contribution in [2.45, 2.75) is 33.7 Å². The number of rotatable bonds is 9. The molecule has 2 atom stereocenters. The highest BCUT2D eigenvalue weighted by Crippen LogP contribution is 2.07. The Morgan fingerprint density at radius 1 is 1.33 bits per heavy atom. The molecule has 0 amide bonds. The summed E-state index contributed by atoms with van der Waals surface area (Å²) in [4.78, 5) is 10.9. The first-order valence-corrected chi connectivity index (χ1v) is 7.65. The van der Waals surface area contributed by atoms with Gasteiger partial charge < -0.3 is 9.84 Å². The van der Waals surface area contributed by atoms with Crippen molar-refractivity contribution in [3.63, 3.8) is 0 Å². The molecule has 18 heavy (non-hydrogen) atoms. The number of carboxylic acid groups (broad SMARTS) is 1. The van der Waals surface area contributed by atoms with Crippen molar-refractivity contribution in [1.82, 2.24) is 4.72 Å². The molecule has 108 valence electrons. The van der Waals surface area contributed by atoms with Crippen LogP contribution < -0.4 is 4.72 Å². The van der Waals surface area contributed by atoms with Gasteiger partial charge in [0, 0.05) is 6.61 Å². The summed E-state index contributed by atoms with van der Waals surface area (Å²) in [6.45, 7) is 7.77. The molecule has 0 fully saturated rings. The van der Waals surface area contributed by atoms with Crippen LogP contribution >= 0.6 is 0 Å².